The highest BCUT2D eigenvalue weighted by Gasteiger charge is 2.06. The summed E-state index contributed by atoms with van der Waals surface area (Å²) in [7, 11) is 0. The molecule has 0 unspecified atom stereocenters. The molecule has 1 aromatic heterocycles. The standard InChI is InChI=1S/C23H18ClFN4O/c24-14-3-1-4-16(11-14)28-20-5-2-6-21-17(20)8-9-22(29-21)19(26)13-27-15-7-10-23(30)18(25)12-15/h1-13,27-28,30H,26H2/b19-13-. The number of phenols is 1. The molecule has 1 heterocycles. The molecule has 4 aromatic rings. The zero-order valence-electron chi connectivity index (χ0n) is 15.7. The number of benzene rings is 3. The normalized spacial score (nSPS) is 11.5. The van der Waals surface area contributed by atoms with E-state index in [9.17, 15) is 9.50 Å². The van der Waals surface area contributed by atoms with E-state index >= 15 is 0 Å². The van der Waals surface area contributed by atoms with E-state index < -0.39 is 11.6 Å². The van der Waals surface area contributed by atoms with Crippen molar-refractivity contribution in [3.63, 3.8) is 0 Å². The van der Waals surface area contributed by atoms with Gasteiger partial charge in [0.15, 0.2) is 11.6 Å². The van der Waals surface area contributed by atoms with E-state index in [1.807, 2.05) is 54.6 Å². The van der Waals surface area contributed by atoms with Crippen molar-refractivity contribution >= 4 is 45.3 Å². The SMILES string of the molecule is N/C(=C\Nc1ccc(O)c(F)c1)c1ccc2c(Nc3cccc(Cl)c3)cccc2n1. The Balaban J connectivity index is 1.59. The Labute approximate surface area is 177 Å². The van der Waals surface area contributed by atoms with Gasteiger partial charge in [-0.05, 0) is 54.6 Å². The second-order valence-corrected chi connectivity index (χ2v) is 7.05. The van der Waals surface area contributed by atoms with Gasteiger partial charge in [0.2, 0.25) is 0 Å². The van der Waals surface area contributed by atoms with Crippen LogP contribution in [0.1, 0.15) is 5.69 Å². The number of aromatic hydroxyl groups is 1. The van der Waals surface area contributed by atoms with Crippen molar-refractivity contribution in [3.8, 4) is 5.75 Å². The van der Waals surface area contributed by atoms with Crippen LogP contribution in [-0.2, 0) is 0 Å². The molecule has 0 aliphatic rings. The molecule has 150 valence electrons. The first-order chi connectivity index (χ1) is 14.5. The van der Waals surface area contributed by atoms with Gasteiger partial charge in [-0.25, -0.2) is 9.37 Å². The number of anilines is 3. The molecule has 0 radical (unpaired) electrons. The highest BCUT2D eigenvalue weighted by Crippen LogP contribution is 2.27. The van der Waals surface area contributed by atoms with Gasteiger partial charge in [-0.1, -0.05) is 23.7 Å². The number of pyridine rings is 1. The summed E-state index contributed by atoms with van der Waals surface area (Å²) >= 11 is 6.06. The van der Waals surface area contributed by atoms with Gasteiger partial charge < -0.3 is 21.5 Å². The van der Waals surface area contributed by atoms with Crippen molar-refractivity contribution in [2.45, 2.75) is 0 Å². The average Bonchev–Trinajstić information content (AvgIpc) is 2.74. The molecule has 0 aliphatic heterocycles. The van der Waals surface area contributed by atoms with Crippen molar-refractivity contribution in [2.75, 3.05) is 10.6 Å². The second-order valence-electron chi connectivity index (χ2n) is 6.61. The summed E-state index contributed by atoms with van der Waals surface area (Å²) in [4.78, 5) is 4.63. The maximum atomic E-state index is 13.4. The smallest absolute Gasteiger partial charge is 0.166 e. The molecule has 0 aliphatic carbocycles. The van der Waals surface area contributed by atoms with Crippen molar-refractivity contribution < 1.29 is 9.50 Å². The van der Waals surface area contributed by atoms with Crippen molar-refractivity contribution in [2.24, 2.45) is 5.73 Å². The molecule has 0 spiro atoms. The van der Waals surface area contributed by atoms with Crippen LogP contribution in [0.4, 0.5) is 21.5 Å². The molecule has 3 aromatic carbocycles. The Morgan fingerprint density at radius 2 is 1.83 bits per heavy atom. The zero-order chi connectivity index (χ0) is 21.1. The van der Waals surface area contributed by atoms with E-state index in [0.29, 0.717) is 22.1 Å². The van der Waals surface area contributed by atoms with Crippen LogP contribution in [-0.4, -0.2) is 10.1 Å². The number of aromatic nitrogens is 1. The van der Waals surface area contributed by atoms with E-state index in [2.05, 4.69) is 15.6 Å². The minimum absolute atomic E-state index is 0.388. The number of hydrogen-bond donors (Lipinski definition) is 4. The van der Waals surface area contributed by atoms with Crippen molar-refractivity contribution in [3.05, 3.63) is 95.5 Å². The van der Waals surface area contributed by atoms with Gasteiger partial charge in [0.05, 0.1) is 16.9 Å². The van der Waals surface area contributed by atoms with Gasteiger partial charge in [-0.2, -0.15) is 0 Å². The number of nitrogens with one attached hydrogen (secondary N) is 2. The lowest BCUT2D eigenvalue weighted by Crippen LogP contribution is -2.03. The molecule has 0 atom stereocenters. The fourth-order valence-corrected chi connectivity index (χ4v) is 3.17. The number of phenolic OH excluding ortho intramolecular Hbond substituents is 1. The van der Waals surface area contributed by atoms with Gasteiger partial charge in [-0.3, -0.25) is 0 Å². The quantitative estimate of drug-likeness (QED) is 0.304. The summed E-state index contributed by atoms with van der Waals surface area (Å²) in [6, 6.07) is 21.0. The molecule has 30 heavy (non-hydrogen) atoms. The van der Waals surface area contributed by atoms with Gasteiger partial charge in [-0.15, -0.1) is 0 Å². The molecular weight excluding hydrogens is 403 g/mol. The summed E-state index contributed by atoms with van der Waals surface area (Å²) < 4.78 is 13.4. The second kappa shape index (κ2) is 8.31. The Bertz CT molecular complexity index is 1260. The molecule has 4 rings (SSSR count). The third kappa shape index (κ3) is 4.29. The fourth-order valence-electron chi connectivity index (χ4n) is 2.98. The fraction of sp³-hybridized carbons (Fsp3) is 0. The number of halogens is 2. The maximum Gasteiger partial charge on any atom is 0.166 e. The third-order valence-electron chi connectivity index (χ3n) is 4.47. The van der Waals surface area contributed by atoms with Crippen LogP contribution in [0, 0.1) is 5.82 Å². The van der Waals surface area contributed by atoms with E-state index in [0.717, 1.165) is 22.3 Å². The van der Waals surface area contributed by atoms with Gasteiger partial charge in [0, 0.05) is 39.7 Å². The number of fused-ring (bicyclic) bond motifs is 1. The summed E-state index contributed by atoms with van der Waals surface area (Å²) in [5, 5.41) is 17.1. The van der Waals surface area contributed by atoms with E-state index in [4.69, 9.17) is 17.3 Å². The zero-order valence-corrected chi connectivity index (χ0v) is 16.5. The van der Waals surface area contributed by atoms with Crippen LogP contribution >= 0.6 is 11.6 Å². The van der Waals surface area contributed by atoms with Crippen LogP contribution in [0.5, 0.6) is 5.75 Å². The van der Waals surface area contributed by atoms with E-state index in [1.165, 1.54) is 18.3 Å². The molecule has 7 heteroatoms. The van der Waals surface area contributed by atoms with Gasteiger partial charge >= 0.3 is 0 Å². The first-order valence-corrected chi connectivity index (χ1v) is 9.51. The molecule has 0 fully saturated rings. The summed E-state index contributed by atoms with van der Waals surface area (Å²) in [6.45, 7) is 0. The van der Waals surface area contributed by atoms with E-state index in [-0.39, 0.29) is 0 Å². The van der Waals surface area contributed by atoms with Crippen LogP contribution < -0.4 is 16.4 Å². The molecule has 0 bridgehead atoms. The number of hydrogen-bond acceptors (Lipinski definition) is 5. The summed E-state index contributed by atoms with van der Waals surface area (Å²) in [5.74, 6) is -1.12. The molecular formula is C23H18ClFN4O. The molecule has 0 amide bonds. The molecule has 0 saturated carbocycles. The first-order valence-electron chi connectivity index (χ1n) is 9.13. The van der Waals surface area contributed by atoms with Crippen LogP contribution in [0.2, 0.25) is 5.02 Å². The van der Waals surface area contributed by atoms with Crippen LogP contribution in [0.15, 0.2) is 79.0 Å². The number of nitrogens with zero attached hydrogens (tertiary/aromatic N) is 1. The van der Waals surface area contributed by atoms with E-state index in [1.54, 1.807) is 6.07 Å². The third-order valence-corrected chi connectivity index (χ3v) is 4.71. The van der Waals surface area contributed by atoms with Crippen LogP contribution in [0.25, 0.3) is 16.6 Å². The Morgan fingerprint density at radius 1 is 1.00 bits per heavy atom. The van der Waals surface area contributed by atoms with Gasteiger partial charge in [0.1, 0.15) is 0 Å². The molecule has 5 nitrogen and oxygen atoms in total. The maximum absolute atomic E-state index is 13.4. The van der Waals surface area contributed by atoms with Crippen molar-refractivity contribution in [1.82, 2.24) is 4.98 Å². The number of nitrogens with two attached hydrogens (primary N) is 1. The lowest BCUT2D eigenvalue weighted by Gasteiger charge is -2.11. The minimum atomic E-state index is -0.712. The molecule has 0 saturated heterocycles. The first kappa shape index (κ1) is 19.5. The lowest BCUT2D eigenvalue weighted by molar-refractivity contribution is 0.432. The van der Waals surface area contributed by atoms with Gasteiger partial charge in [0.25, 0.3) is 0 Å². The summed E-state index contributed by atoms with van der Waals surface area (Å²) in [6.07, 6.45) is 1.54. The highest BCUT2D eigenvalue weighted by atomic mass is 35.5. The topological polar surface area (TPSA) is 83.2 Å². The Hall–Kier alpha value is -3.77. The van der Waals surface area contributed by atoms with Crippen molar-refractivity contribution in [1.29, 1.82) is 0 Å². The predicted octanol–water partition coefficient (Wildman–Crippen LogP) is 5.85. The summed E-state index contributed by atoms with van der Waals surface area (Å²) in [5.41, 5.74) is 10.1. The lowest BCUT2D eigenvalue weighted by atomic mass is 10.1. The monoisotopic (exact) mass is 420 g/mol. The minimum Gasteiger partial charge on any atom is -0.505 e. The Kier molecular flexibility index (Phi) is 5.41. The largest absolute Gasteiger partial charge is 0.505 e. The predicted molar refractivity (Wildman–Crippen MR) is 120 cm³/mol. The highest BCUT2D eigenvalue weighted by molar-refractivity contribution is 6.30. The average molecular weight is 421 g/mol. The Morgan fingerprint density at radius 3 is 2.63 bits per heavy atom. The van der Waals surface area contributed by atoms with Crippen LogP contribution in [0.3, 0.4) is 0 Å². The number of rotatable bonds is 5. The molecule has 5 N–H and O–H groups in total.